The molecule has 0 bridgehead atoms. The smallest absolute Gasteiger partial charge is 0.411 e. The minimum absolute atomic E-state index is 0.112. The van der Waals surface area contributed by atoms with Crippen LogP contribution in [0.15, 0.2) is 5.16 Å². The number of hydrogen-bond acceptors (Lipinski definition) is 7. The Morgan fingerprint density at radius 1 is 1.24 bits per heavy atom. The molecule has 2 rings (SSSR count). The number of rotatable bonds is 1. The lowest BCUT2D eigenvalue weighted by molar-refractivity contribution is -0.160. The molecule has 2 unspecified atom stereocenters. The van der Waals surface area contributed by atoms with Gasteiger partial charge in [0, 0.05) is 12.8 Å². The van der Waals surface area contributed by atoms with E-state index in [1.54, 1.807) is 41.5 Å². The summed E-state index contributed by atoms with van der Waals surface area (Å²) in [5, 5.41) is 12.8. The maximum Gasteiger partial charge on any atom is 0.411 e. The van der Waals surface area contributed by atoms with E-state index in [0.717, 1.165) is 0 Å². The van der Waals surface area contributed by atoms with Gasteiger partial charge in [0.05, 0.1) is 6.54 Å². The summed E-state index contributed by atoms with van der Waals surface area (Å²) in [5.74, 6) is -0.524. The fourth-order valence-electron chi connectivity index (χ4n) is 2.82. The molecule has 8 nitrogen and oxygen atoms in total. The highest BCUT2D eigenvalue weighted by Crippen LogP contribution is 2.38. The van der Waals surface area contributed by atoms with Gasteiger partial charge in [0.15, 0.2) is 11.3 Å². The maximum atomic E-state index is 12.6. The minimum atomic E-state index is -0.885. The van der Waals surface area contributed by atoms with Gasteiger partial charge >= 0.3 is 12.1 Å². The van der Waals surface area contributed by atoms with Crippen molar-refractivity contribution in [2.24, 2.45) is 5.16 Å². The predicted molar refractivity (Wildman–Crippen MR) is 88.7 cm³/mol. The fraction of sp³-hybridized carbons (Fsp3) is 0.765. The van der Waals surface area contributed by atoms with Crippen LogP contribution in [0.25, 0.3) is 0 Å². The van der Waals surface area contributed by atoms with E-state index >= 15 is 0 Å². The van der Waals surface area contributed by atoms with Gasteiger partial charge in [-0.3, -0.25) is 4.90 Å². The van der Waals surface area contributed by atoms with Crippen LogP contribution in [0.1, 0.15) is 54.4 Å². The Morgan fingerprint density at radius 2 is 1.84 bits per heavy atom. The molecule has 1 spiro atoms. The molecule has 0 saturated carbocycles. The Hall–Kier alpha value is -2.30. The van der Waals surface area contributed by atoms with Crippen LogP contribution in [-0.4, -0.2) is 52.1 Å². The molecule has 1 fully saturated rings. The van der Waals surface area contributed by atoms with Crippen LogP contribution in [0.4, 0.5) is 4.79 Å². The second kappa shape index (κ2) is 6.21. The standard InChI is InChI=1S/C17H25N3O5/c1-15(2,3)23-13(21)12-8-17(7-11(9-18)19-25-17)10-20(12)14(22)24-16(4,5)6/h12H,7-8,10H2,1-6H3. The van der Waals surface area contributed by atoms with Crippen molar-refractivity contribution in [2.75, 3.05) is 6.54 Å². The topological polar surface area (TPSA) is 101 Å². The third-order valence-corrected chi connectivity index (χ3v) is 3.68. The largest absolute Gasteiger partial charge is 0.458 e. The molecule has 25 heavy (non-hydrogen) atoms. The van der Waals surface area contributed by atoms with Crippen LogP contribution in [0.2, 0.25) is 0 Å². The lowest BCUT2D eigenvalue weighted by Gasteiger charge is -2.29. The van der Waals surface area contributed by atoms with E-state index in [9.17, 15) is 9.59 Å². The second-order valence-corrected chi connectivity index (χ2v) is 8.46. The summed E-state index contributed by atoms with van der Waals surface area (Å²) in [6.07, 6.45) is -0.160. The van der Waals surface area contributed by atoms with Gasteiger partial charge in [-0.2, -0.15) is 5.26 Å². The van der Waals surface area contributed by atoms with Gasteiger partial charge in [-0.25, -0.2) is 9.59 Å². The quantitative estimate of drug-likeness (QED) is 0.672. The van der Waals surface area contributed by atoms with E-state index in [1.165, 1.54) is 4.90 Å². The van der Waals surface area contributed by atoms with Gasteiger partial charge in [-0.1, -0.05) is 5.16 Å². The highest BCUT2D eigenvalue weighted by Gasteiger charge is 2.55. The summed E-state index contributed by atoms with van der Waals surface area (Å²) in [4.78, 5) is 31.9. The first-order valence-corrected chi connectivity index (χ1v) is 8.22. The number of carbonyl (C=O) groups excluding carboxylic acids is 2. The van der Waals surface area contributed by atoms with Crippen LogP contribution in [0.3, 0.4) is 0 Å². The first-order chi connectivity index (χ1) is 11.3. The molecule has 2 aliphatic rings. The minimum Gasteiger partial charge on any atom is -0.458 e. The summed E-state index contributed by atoms with van der Waals surface area (Å²) in [7, 11) is 0. The third kappa shape index (κ3) is 4.62. The van der Waals surface area contributed by atoms with Crippen LogP contribution < -0.4 is 0 Å². The Labute approximate surface area is 147 Å². The number of esters is 1. The number of oxime groups is 1. The van der Waals surface area contributed by atoms with E-state index in [0.29, 0.717) is 0 Å². The van der Waals surface area contributed by atoms with Gasteiger partial charge in [0.2, 0.25) is 0 Å². The second-order valence-electron chi connectivity index (χ2n) is 8.46. The first kappa shape index (κ1) is 19.0. The Morgan fingerprint density at radius 3 is 2.32 bits per heavy atom. The molecule has 2 atom stereocenters. The zero-order valence-corrected chi connectivity index (χ0v) is 15.6. The molecule has 0 N–H and O–H groups in total. The highest BCUT2D eigenvalue weighted by molar-refractivity contribution is 5.99. The van der Waals surface area contributed by atoms with Crippen molar-refractivity contribution in [1.29, 1.82) is 5.26 Å². The van der Waals surface area contributed by atoms with E-state index in [-0.39, 0.29) is 25.1 Å². The van der Waals surface area contributed by atoms with Crippen molar-refractivity contribution in [3.8, 4) is 6.07 Å². The molecule has 2 heterocycles. The summed E-state index contributed by atoms with van der Waals surface area (Å²) in [6.45, 7) is 10.6. The van der Waals surface area contributed by atoms with Crippen LogP contribution in [-0.2, 0) is 19.1 Å². The van der Waals surface area contributed by atoms with Crippen molar-refractivity contribution >= 4 is 17.8 Å². The molecular formula is C17H25N3O5. The Kier molecular flexibility index (Phi) is 4.73. The van der Waals surface area contributed by atoms with E-state index in [1.807, 2.05) is 6.07 Å². The average Bonchev–Trinajstić information content (AvgIpc) is 3.00. The molecule has 0 aliphatic carbocycles. The van der Waals surface area contributed by atoms with Crippen LogP contribution in [0.5, 0.6) is 0 Å². The zero-order valence-electron chi connectivity index (χ0n) is 15.6. The van der Waals surface area contributed by atoms with E-state index in [4.69, 9.17) is 19.6 Å². The van der Waals surface area contributed by atoms with Gasteiger partial charge < -0.3 is 14.3 Å². The molecule has 8 heteroatoms. The molecule has 0 radical (unpaired) electrons. The summed E-state index contributed by atoms with van der Waals surface area (Å²) in [6, 6.07) is 1.11. The van der Waals surface area contributed by atoms with Crippen molar-refractivity contribution in [2.45, 2.75) is 77.2 Å². The molecular weight excluding hydrogens is 326 g/mol. The lowest BCUT2D eigenvalue weighted by Crippen LogP contribution is -2.46. The predicted octanol–water partition coefficient (Wildman–Crippen LogP) is 2.38. The Balaban J connectivity index is 2.22. The average molecular weight is 351 g/mol. The SMILES string of the molecule is CC(C)(C)OC(=O)C1CC2(CC(C#N)=NO2)CN1C(=O)OC(C)(C)C. The normalized spacial score (nSPS) is 26.0. The van der Waals surface area contributed by atoms with Gasteiger partial charge in [0.1, 0.15) is 23.3 Å². The number of nitrogens with zero attached hydrogens (tertiary/aromatic N) is 3. The summed E-state index contributed by atoms with van der Waals surface area (Å²) >= 11 is 0. The summed E-state index contributed by atoms with van der Waals surface area (Å²) in [5.41, 5.74) is -2.02. The number of hydrogen-bond donors (Lipinski definition) is 0. The maximum absolute atomic E-state index is 12.6. The monoisotopic (exact) mass is 351 g/mol. The number of amides is 1. The number of carbonyl (C=O) groups is 2. The summed E-state index contributed by atoms with van der Waals surface area (Å²) < 4.78 is 10.9. The van der Waals surface area contributed by atoms with Crippen molar-refractivity contribution in [3.05, 3.63) is 0 Å². The van der Waals surface area contributed by atoms with Crippen molar-refractivity contribution < 1.29 is 23.9 Å². The molecule has 0 aromatic heterocycles. The van der Waals surface area contributed by atoms with E-state index < -0.39 is 34.9 Å². The lowest BCUT2D eigenvalue weighted by atomic mass is 9.94. The number of nitriles is 1. The molecule has 1 amide bonds. The molecule has 0 aromatic carbocycles. The first-order valence-electron chi connectivity index (χ1n) is 8.22. The Bertz CT molecular complexity index is 600. The van der Waals surface area contributed by atoms with Crippen LogP contribution in [0, 0.1) is 11.3 Å². The molecule has 1 saturated heterocycles. The number of likely N-dealkylation sites (tertiary alicyclic amines) is 1. The zero-order chi connectivity index (χ0) is 19.0. The molecule has 0 aromatic rings. The number of ether oxygens (including phenoxy) is 2. The molecule has 2 aliphatic heterocycles. The van der Waals surface area contributed by atoms with Gasteiger partial charge in [-0.15, -0.1) is 0 Å². The fourth-order valence-corrected chi connectivity index (χ4v) is 2.82. The van der Waals surface area contributed by atoms with Crippen LogP contribution >= 0.6 is 0 Å². The van der Waals surface area contributed by atoms with Gasteiger partial charge in [0.25, 0.3) is 0 Å². The van der Waals surface area contributed by atoms with E-state index in [2.05, 4.69) is 5.16 Å². The highest BCUT2D eigenvalue weighted by atomic mass is 16.7. The third-order valence-electron chi connectivity index (χ3n) is 3.68. The van der Waals surface area contributed by atoms with Gasteiger partial charge in [-0.05, 0) is 41.5 Å². The van der Waals surface area contributed by atoms with Crippen molar-refractivity contribution in [3.63, 3.8) is 0 Å². The van der Waals surface area contributed by atoms with Crippen molar-refractivity contribution in [1.82, 2.24) is 4.90 Å². The molecule has 138 valence electrons.